The molecule has 0 atom stereocenters. The first-order valence-electron chi connectivity index (χ1n) is 12.6. The van der Waals surface area contributed by atoms with Gasteiger partial charge >= 0.3 is 6.18 Å². The number of allylic oxidation sites excluding steroid dienone is 2. The minimum Gasteiger partial charge on any atom is -0.166 e. The van der Waals surface area contributed by atoms with Crippen LogP contribution in [0.15, 0.2) is 48.5 Å². The Kier molecular flexibility index (Phi) is 16.4. The van der Waals surface area contributed by atoms with Gasteiger partial charge in [-0.2, -0.15) is 13.2 Å². The Morgan fingerprint density at radius 3 is 1.70 bits per heavy atom. The van der Waals surface area contributed by atoms with Crippen LogP contribution >= 0.6 is 0 Å². The smallest absolute Gasteiger partial charge is 0.166 e. The van der Waals surface area contributed by atoms with Crippen LogP contribution in [0, 0.1) is 6.92 Å². The number of aryl methyl sites for hydroxylation is 1. The van der Waals surface area contributed by atoms with Crippen LogP contribution in [-0.4, -0.2) is 0 Å². The van der Waals surface area contributed by atoms with Gasteiger partial charge in [0.2, 0.25) is 0 Å². The second kappa shape index (κ2) is 17.4. The lowest BCUT2D eigenvalue weighted by atomic mass is 9.90. The molecule has 3 heteroatoms. The van der Waals surface area contributed by atoms with E-state index in [1.807, 2.05) is 38.1 Å². The number of unbranched alkanes of at least 4 members (excludes halogenated alkanes) is 4. The minimum absolute atomic E-state index is 0.602. The predicted octanol–water partition coefficient (Wildman–Crippen LogP) is 11.1. The molecular weight excluding hydrogens is 417 g/mol. The van der Waals surface area contributed by atoms with E-state index in [2.05, 4.69) is 34.6 Å². The third-order valence-corrected chi connectivity index (χ3v) is 5.46. The lowest BCUT2D eigenvalue weighted by Crippen LogP contribution is -2.05. The van der Waals surface area contributed by atoms with Crippen molar-refractivity contribution in [3.8, 4) is 0 Å². The second-order valence-electron chi connectivity index (χ2n) is 8.45. The highest BCUT2D eigenvalue weighted by Gasteiger charge is 2.30. The first-order chi connectivity index (χ1) is 15.7. The summed E-state index contributed by atoms with van der Waals surface area (Å²) < 4.78 is 38.9. The van der Waals surface area contributed by atoms with Crippen molar-refractivity contribution in [3.63, 3.8) is 0 Å². The van der Waals surface area contributed by atoms with E-state index in [4.69, 9.17) is 0 Å². The van der Waals surface area contributed by atoms with Crippen molar-refractivity contribution >= 4 is 11.1 Å². The SMILES string of the molecule is CCC/C(=C(/C)c1cccc(C(F)(F)F)c1)c1ccccc1C.CCCCC.CCCCC. The summed E-state index contributed by atoms with van der Waals surface area (Å²) in [5, 5.41) is 0. The Morgan fingerprint density at radius 1 is 0.727 bits per heavy atom. The molecule has 0 radical (unpaired) electrons. The van der Waals surface area contributed by atoms with E-state index in [1.165, 1.54) is 50.7 Å². The number of hydrogen-bond acceptors (Lipinski definition) is 0. The topological polar surface area (TPSA) is 0 Å². The summed E-state index contributed by atoms with van der Waals surface area (Å²) in [4.78, 5) is 0. The van der Waals surface area contributed by atoms with E-state index in [-0.39, 0.29) is 0 Å². The second-order valence-corrected chi connectivity index (χ2v) is 8.45. The quantitative estimate of drug-likeness (QED) is 0.342. The van der Waals surface area contributed by atoms with E-state index < -0.39 is 11.7 Å². The average molecular weight is 463 g/mol. The number of hydrogen-bond donors (Lipinski definition) is 0. The number of halogens is 3. The zero-order chi connectivity index (χ0) is 25.3. The van der Waals surface area contributed by atoms with Crippen LogP contribution in [0.5, 0.6) is 0 Å². The number of rotatable bonds is 8. The van der Waals surface area contributed by atoms with E-state index in [9.17, 15) is 13.2 Å². The Morgan fingerprint density at radius 2 is 1.27 bits per heavy atom. The lowest BCUT2D eigenvalue weighted by Gasteiger charge is -2.16. The first kappa shape index (κ1) is 31.0. The highest BCUT2D eigenvalue weighted by atomic mass is 19.4. The molecule has 0 nitrogen and oxygen atoms in total. The fraction of sp³-hybridized carbons (Fsp3) is 0.533. The van der Waals surface area contributed by atoms with E-state index >= 15 is 0 Å². The first-order valence-corrected chi connectivity index (χ1v) is 12.6. The third-order valence-electron chi connectivity index (χ3n) is 5.46. The largest absolute Gasteiger partial charge is 0.416 e. The molecule has 0 heterocycles. The van der Waals surface area contributed by atoms with Crippen LogP contribution in [0.4, 0.5) is 13.2 Å². The van der Waals surface area contributed by atoms with Crippen LogP contribution in [0.2, 0.25) is 0 Å². The summed E-state index contributed by atoms with van der Waals surface area (Å²) in [6.07, 6.45) is 5.62. The van der Waals surface area contributed by atoms with Gasteiger partial charge in [0.15, 0.2) is 0 Å². The summed E-state index contributed by atoms with van der Waals surface area (Å²) in [5.74, 6) is 0. The summed E-state index contributed by atoms with van der Waals surface area (Å²) in [5.41, 5.74) is 4.31. The molecule has 2 rings (SSSR count). The molecule has 0 aliphatic heterocycles. The molecule has 33 heavy (non-hydrogen) atoms. The van der Waals surface area contributed by atoms with Crippen molar-refractivity contribution in [1.29, 1.82) is 0 Å². The van der Waals surface area contributed by atoms with Crippen LogP contribution in [-0.2, 0) is 6.18 Å². The molecule has 0 bridgehead atoms. The standard InChI is InChI=1S/C20H21F3.2C5H12/c1-4-8-19(18-12-6-5-9-14(18)2)15(3)16-10-7-11-17(13-16)20(21,22)23;2*1-3-5-4-2/h5-7,9-13H,4,8H2,1-3H3;2*3-5H2,1-2H3/b19-15+;;. The highest BCUT2D eigenvalue weighted by Crippen LogP contribution is 2.35. The summed E-state index contributed by atoms with van der Waals surface area (Å²) >= 11 is 0. The van der Waals surface area contributed by atoms with Gasteiger partial charge in [-0.25, -0.2) is 0 Å². The number of alkyl halides is 3. The third kappa shape index (κ3) is 12.1. The van der Waals surface area contributed by atoms with E-state index in [0.29, 0.717) is 5.56 Å². The fourth-order valence-corrected chi connectivity index (χ4v) is 3.50. The van der Waals surface area contributed by atoms with Crippen molar-refractivity contribution in [2.75, 3.05) is 0 Å². The van der Waals surface area contributed by atoms with Crippen molar-refractivity contribution in [2.45, 2.75) is 106 Å². The molecule has 2 aromatic carbocycles. The monoisotopic (exact) mass is 462 g/mol. The molecule has 0 aliphatic carbocycles. The van der Waals surface area contributed by atoms with Gasteiger partial charge in [-0.05, 0) is 60.2 Å². The van der Waals surface area contributed by atoms with Crippen molar-refractivity contribution in [2.24, 2.45) is 0 Å². The van der Waals surface area contributed by atoms with Gasteiger partial charge in [0, 0.05) is 0 Å². The van der Waals surface area contributed by atoms with Gasteiger partial charge in [0.05, 0.1) is 5.56 Å². The molecule has 186 valence electrons. The van der Waals surface area contributed by atoms with Crippen LogP contribution in [0.1, 0.15) is 115 Å². The number of benzene rings is 2. The van der Waals surface area contributed by atoms with Gasteiger partial charge in [-0.3, -0.25) is 0 Å². The minimum atomic E-state index is -4.32. The van der Waals surface area contributed by atoms with E-state index in [0.717, 1.165) is 41.2 Å². The Hall–Kier alpha value is -2.03. The van der Waals surface area contributed by atoms with Crippen LogP contribution in [0.3, 0.4) is 0 Å². The zero-order valence-corrected chi connectivity index (χ0v) is 21.9. The maximum Gasteiger partial charge on any atom is 0.416 e. The molecule has 0 amide bonds. The van der Waals surface area contributed by atoms with Crippen molar-refractivity contribution in [1.82, 2.24) is 0 Å². The maximum atomic E-state index is 13.0. The van der Waals surface area contributed by atoms with Gasteiger partial charge < -0.3 is 0 Å². The molecule has 0 N–H and O–H groups in total. The summed E-state index contributed by atoms with van der Waals surface area (Å²) in [6.45, 7) is 14.9. The summed E-state index contributed by atoms with van der Waals surface area (Å²) in [6, 6.07) is 13.6. The Balaban J connectivity index is 0.000000859. The van der Waals surface area contributed by atoms with Crippen molar-refractivity contribution in [3.05, 3.63) is 70.8 Å². The van der Waals surface area contributed by atoms with Crippen molar-refractivity contribution < 1.29 is 13.2 Å². The molecule has 0 saturated carbocycles. The molecule has 0 saturated heterocycles. The normalized spacial score (nSPS) is 11.6. The maximum absolute atomic E-state index is 13.0. The van der Waals surface area contributed by atoms with Gasteiger partial charge in [-0.1, -0.05) is 116 Å². The van der Waals surface area contributed by atoms with E-state index in [1.54, 1.807) is 6.07 Å². The molecule has 2 aromatic rings. The Labute approximate surface area is 201 Å². The molecule has 0 spiro atoms. The molecule has 0 aromatic heterocycles. The Bertz CT molecular complexity index is 790. The van der Waals surface area contributed by atoms with Crippen LogP contribution < -0.4 is 0 Å². The van der Waals surface area contributed by atoms with Gasteiger partial charge in [-0.15, -0.1) is 0 Å². The summed E-state index contributed by atoms with van der Waals surface area (Å²) in [7, 11) is 0. The fourth-order valence-electron chi connectivity index (χ4n) is 3.50. The van der Waals surface area contributed by atoms with Crippen LogP contribution in [0.25, 0.3) is 11.1 Å². The average Bonchev–Trinajstić information content (AvgIpc) is 2.79. The predicted molar refractivity (Wildman–Crippen MR) is 140 cm³/mol. The van der Waals surface area contributed by atoms with Gasteiger partial charge in [0.25, 0.3) is 0 Å². The molecule has 0 unspecified atom stereocenters. The lowest BCUT2D eigenvalue weighted by molar-refractivity contribution is -0.137. The zero-order valence-electron chi connectivity index (χ0n) is 21.9. The molecule has 0 aliphatic rings. The molecular formula is C30H45F3. The highest BCUT2D eigenvalue weighted by molar-refractivity contribution is 5.90. The van der Waals surface area contributed by atoms with Gasteiger partial charge in [0.1, 0.15) is 0 Å². The molecule has 0 fully saturated rings.